The third kappa shape index (κ3) is 3.20. The molecule has 61 valence electrons. The molecule has 1 heterocycles. The van der Waals surface area contributed by atoms with Crippen LogP contribution < -0.4 is 0 Å². The van der Waals surface area contributed by atoms with Crippen molar-refractivity contribution < 1.29 is 14.3 Å². The summed E-state index contributed by atoms with van der Waals surface area (Å²) in [7, 11) is 0. The fourth-order valence-corrected chi connectivity index (χ4v) is 0.728. The number of furan rings is 1. The first kappa shape index (κ1) is 8.30. The highest BCUT2D eigenvalue weighted by atomic mass is 16.5. The van der Waals surface area contributed by atoms with Crippen LogP contribution in [0.15, 0.2) is 22.8 Å². The lowest BCUT2D eigenvalue weighted by atomic mass is 10.4. The van der Waals surface area contributed by atoms with Crippen molar-refractivity contribution in [1.82, 2.24) is 0 Å². The molecule has 0 aliphatic carbocycles. The van der Waals surface area contributed by atoms with Crippen molar-refractivity contribution >= 4 is 0 Å². The summed E-state index contributed by atoms with van der Waals surface area (Å²) in [5.41, 5.74) is 0. The van der Waals surface area contributed by atoms with E-state index >= 15 is 0 Å². The molecule has 1 radical (unpaired) electrons. The summed E-state index contributed by atoms with van der Waals surface area (Å²) in [5.74, 6) is 0.802. The molecule has 0 aromatic carbocycles. The molecule has 0 bridgehead atoms. The number of ether oxygens (including phenoxy) is 1. The summed E-state index contributed by atoms with van der Waals surface area (Å²) in [6.45, 7) is 0.912. The number of hydrogen-bond acceptors (Lipinski definition) is 2. The van der Waals surface area contributed by atoms with Crippen LogP contribution >= 0.6 is 0 Å². The first-order valence-corrected chi connectivity index (χ1v) is 3.61. The average Bonchev–Trinajstić information content (AvgIpc) is 2.50. The molecule has 1 rings (SSSR count). The van der Waals surface area contributed by atoms with Crippen LogP contribution in [0.5, 0.6) is 0 Å². The molecular formula is C8H11O3. The molecule has 0 atom stereocenters. The van der Waals surface area contributed by atoms with Crippen molar-refractivity contribution in [2.45, 2.75) is 13.0 Å². The summed E-state index contributed by atoms with van der Waals surface area (Å²) >= 11 is 0. The SMILES string of the molecule is [O]CCCOCc1ccco1. The largest absolute Gasteiger partial charge is 0.467 e. The van der Waals surface area contributed by atoms with Crippen molar-refractivity contribution in [3.05, 3.63) is 24.2 Å². The van der Waals surface area contributed by atoms with Crippen molar-refractivity contribution in [2.75, 3.05) is 13.2 Å². The third-order valence-electron chi connectivity index (χ3n) is 1.26. The maximum atomic E-state index is 9.99. The summed E-state index contributed by atoms with van der Waals surface area (Å²) in [4.78, 5) is 0. The third-order valence-corrected chi connectivity index (χ3v) is 1.26. The first-order chi connectivity index (χ1) is 5.43. The topological polar surface area (TPSA) is 42.3 Å². The second-order valence-electron chi connectivity index (χ2n) is 2.19. The normalized spacial score (nSPS) is 10.3. The Kier molecular flexibility index (Phi) is 3.72. The van der Waals surface area contributed by atoms with Gasteiger partial charge in [-0.25, -0.2) is 5.11 Å². The smallest absolute Gasteiger partial charge is 0.129 e. The molecule has 0 unspecified atom stereocenters. The van der Waals surface area contributed by atoms with Crippen LogP contribution in [0, 0.1) is 0 Å². The lowest BCUT2D eigenvalue weighted by Gasteiger charge is -1.97. The molecule has 0 saturated heterocycles. The van der Waals surface area contributed by atoms with Gasteiger partial charge in [0.2, 0.25) is 0 Å². The Labute approximate surface area is 65.6 Å². The average molecular weight is 155 g/mol. The molecule has 1 aromatic heterocycles. The van der Waals surface area contributed by atoms with Gasteiger partial charge in [-0.1, -0.05) is 0 Å². The number of hydrogen-bond donors (Lipinski definition) is 0. The van der Waals surface area contributed by atoms with Crippen LogP contribution in [-0.4, -0.2) is 13.2 Å². The van der Waals surface area contributed by atoms with E-state index in [1.54, 1.807) is 6.26 Å². The molecule has 11 heavy (non-hydrogen) atoms. The molecule has 0 amide bonds. The van der Waals surface area contributed by atoms with Gasteiger partial charge in [-0.15, -0.1) is 0 Å². The predicted molar refractivity (Wildman–Crippen MR) is 38.5 cm³/mol. The Morgan fingerprint density at radius 3 is 3.09 bits per heavy atom. The van der Waals surface area contributed by atoms with Crippen molar-refractivity contribution in [3.8, 4) is 0 Å². The summed E-state index contributed by atoms with van der Waals surface area (Å²) in [6.07, 6.45) is 2.17. The highest BCUT2D eigenvalue weighted by Gasteiger charge is 1.93. The Hall–Kier alpha value is -0.800. The second kappa shape index (κ2) is 4.93. The van der Waals surface area contributed by atoms with E-state index in [-0.39, 0.29) is 6.61 Å². The van der Waals surface area contributed by atoms with Crippen LogP contribution in [0.2, 0.25) is 0 Å². The van der Waals surface area contributed by atoms with Gasteiger partial charge >= 0.3 is 0 Å². The van der Waals surface area contributed by atoms with E-state index in [2.05, 4.69) is 0 Å². The molecule has 1 aromatic rings. The minimum Gasteiger partial charge on any atom is -0.467 e. The quantitative estimate of drug-likeness (QED) is 0.606. The molecule has 0 saturated carbocycles. The fourth-order valence-electron chi connectivity index (χ4n) is 0.728. The maximum Gasteiger partial charge on any atom is 0.129 e. The Morgan fingerprint density at radius 2 is 2.45 bits per heavy atom. The number of rotatable bonds is 5. The minimum atomic E-state index is -0.0713. The highest BCUT2D eigenvalue weighted by Crippen LogP contribution is 2.01. The van der Waals surface area contributed by atoms with Gasteiger partial charge in [0.1, 0.15) is 12.4 Å². The maximum absolute atomic E-state index is 9.99. The van der Waals surface area contributed by atoms with Crippen LogP contribution in [0.3, 0.4) is 0 Å². The van der Waals surface area contributed by atoms with E-state index in [1.807, 2.05) is 12.1 Å². The molecular weight excluding hydrogens is 144 g/mol. The van der Waals surface area contributed by atoms with Gasteiger partial charge in [-0.05, 0) is 18.6 Å². The van der Waals surface area contributed by atoms with E-state index < -0.39 is 0 Å². The van der Waals surface area contributed by atoms with Gasteiger partial charge in [0, 0.05) is 6.61 Å². The van der Waals surface area contributed by atoms with Crippen LogP contribution in [0.1, 0.15) is 12.2 Å². The molecule has 3 nitrogen and oxygen atoms in total. The van der Waals surface area contributed by atoms with Crippen molar-refractivity contribution in [3.63, 3.8) is 0 Å². The summed E-state index contributed by atoms with van der Waals surface area (Å²) in [5, 5.41) is 9.99. The lowest BCUT2D eigenvalue weighted by Crippen LogP contribution is -1.95. The van der Waals surface area contributed by atoms with E-state index in [0.717, 1.165) is 5.76 Å². The first-order valence-electron chi connectivity index (χ1n) is 3.61. The molecule has 0 fully saturated rings. The van der Waals surface area contributed by atoms with Crippen LogP contribution in [-0.2, 0) is 16.5 Å². The Bertz CT molecular complexity index is 169. The molecule has 3 heteroatoms. The standard InChI is InChI=1S/C8H11O3/c9-4-2-5-10-7-8-3-1-6-11-8/h1,3,6H,2,4-5,7H2. The zero-order valence-electron chi connectivity index (χ0n) is 6.29. The lowest BCUT2D eigenvalue weighted by molar-refractivity contribution is 0.0796. The fraction of sp³-hybridized carbons (Fsp3) is 0.500. The van der Waals surface area contributed by atoms with E-state index in [4.69, 9.17) is 9.15 Å². The second-order valence-corrected chi connectivity index (χ2v) is 2.19. The minimum absolute atomic E-state index is 0.0713. The zero-order valence-corrected chi connectivity index (χ0v) is 6.29. The Balaban J connectivity index is 2.04. The van der Waals surface area contributed by atoms with E-state index in [1.165, 1.54) is 0 Å². The summed E-state index contributed by atoms with van der Waals surface area (Å²) in [6, 6.07) is 3.66. The summed E-state index contributed by atoms with van der Waals surface area (Å²) < 4.78 is 10.1. The molecule has 0 aliphatic heterocycles. The van der Waals surface area contributed by atoms with Crippen LogP contribution in [0.4, 0.5) is 0 Å². The molecule has 0 spiro atoms. The van der Waals surface area contributed by atoms with E-state index in [9.17, 15) is 5.11 Å². The van der Waals surface area contributed by atoms with Gasteiger partial charge in [0.05, 0.1) is 12.9 Å². The van der Waals surface area contributed by atoms with Crippen molar-refractivity contribution in [2.24, 2.45) is 0 Å². The van der Waals surface area contributed by atoms with Gasteiger partial charge < -0.3 is 9.15 Å². The molecule has 0 aliphatic rings. The Morgan fingerprint density at radius 1 is 1.55 bits per heavy atom. The van der Waals surface area contributed by atoms with Gasteiger partial charge in [0.25, 0.3) is 0 Å². The van der Waals surface area contributed by atoms with E-state index in [0.29, 0.717) is 19.6 Å². The van der Waals surface area contributed by atoms with Gasteiger partial charge in [-0.3, -0.25) is 0 Å². The zero-order chi connectivity index (χ0) is 7.94. The van der Waals surface area contributed by atoms with Crippen molar-refractivity contribution in [1.29, 1.82) is 0 Å². The predicted octanol–water partition coefficient (Wildman–Crippen LogP) is 1.62. The highest BCUT2D eigenvalue weighted by molar-refractivity contribution is 4.95. The van der Waals surface area contributed by atoms with Crippen LogP contribution in [0.25, 0.3) is 0 Å². The molecule has 0 N–H and O–H groups in total. The van der Waals surface area contributed by atoms with Gasteiger partial charge in [-0.2, -0.15) is 0 Å². The van der Waals surface area contributed by atoms with Gasteiger partial charge in [0.15, 0.2) is 0 Å². The monoisotopic (exact) mass is 155 g/mol.